The third kappa shape index (κ3) is 2.61. The minimum Gasteiger partial charge on any atom is -0.399 e. The number of Topliss-reactive ketones (excluding diaryl/α,β-unsaturated/α-hetero) is 1. The zero-order chi connectivity index (χ0) is 12.3. The third-order valence-corrected chi connectivity index (χ3v) is 4.58. The van der Waals surface area contributed by atoms with Crippen LogP contribution >= 0.6 is 0 Å². The molecule has 0 saturated heterocycles. The molecule has 1 aromatic rings. The highest BCUT2D eigenvalue weighted by Gasteiger charge is 2.26. The van der Waals surface area contributed by atoms with E-state index in [4.69, 9.17) is 5.73 Å². The first-order valence-electron chi connectivity index (χ1n) is 5.00. The molecule has 1 unspecified atom stereocenters. The van der Waals surface area contributed by atoms with Crippen LogP contribution in [0.5, 0.6) is 0 Å². The van der Waals surface area contributed by atoms with Gasteiger partial charge in [-0.15, -0.1) is 0 Å². The Morgan fingerprint density at radius 3 is 2.56 bits per heavy atom. The van der Waals surface area contributed by atoms with E-state index in [-0.39, 0.29) is 5.75 Å². The molecule has 0 fully saturated rings. The normalized spacial score (nSPS) is 13.4. The van der Waals surface area contributed by atoms with Crippen LogP contribution in [0.1, 0.15) is 24.2 Å². The molecule has 0 radical (unpaired) electrons. The van der Waals surface area contributed by atoms with Gasteiger partial charge in [0.25, 0.3) is 0 Å². The second kappa shape index (κ2) is 4.65. The van der Waals surface area contributed by atoms with E-state index < -0.39 is 20.9 Å². The van der Waals surface area contributed by atoms with Crippen molar-refractivity contribution in [3.05, 3.63) is 29.8 Å². The van der Waals surface area contributed by atoms with Crippen molar-refractivity contribution in [1.29, 1.82) is 0 Å². The number of rotatable bonds is 4. The quantitative estimate of drug-likeness (QED) is 0.636. The van der Waals surface area contributed by atoms with Gasteiger partial charge >= 0.3 is 0 Å². The molecule has 0 aliphatic carbocycles. The van der Waals surface area contributed by atoms with Crippen LogP contribution in [0.4, 0.5) is 5.69 Å². The molecule has 0 saturated carbocycles. The minimum absolute atomic E-state index is 0.0395. The molecule has 5 heteroatoms. The van der Waals surface area contributed by atoms with Gasteiger partial charge in [0.15, 0.2) is 15.6 Å². The summed E-state index contributed by atoms with van der Waals surface area (Å²) in [7, 11) is -3.35. The summed E-state index contributed by atoms with van der Waals surface area (Å²) in [5, 5.41) is -1.01. The summed E-state index contributed by atoms with van der Waals surface area (Å²) in [4.78, 5) is 11.9. The molecule has 0 heterocycles. The van der Waals surface area contributed by atoms with Gasteiger partial charge in [-0.05, 0) is 19.1 Å². The molecule has 0 amide bonds. The molecule has 0 aliphatic heterocycles. The number of ketones is 1. The number of anilines is 1. The van der Waals surface area contributed by atoms with Crippen LogP contribution in [-0.4, -0.2) is 25.2 Å². The molecule has 16 heavy (non-hydrogen) atoms. The number of carbonyl (C=O) groups is 1. The highest BCUT2D eigenvalue weighted by Crippen LogP contribution is 2.13. The number of hydrogen-bond acceptors (Lipinski definition) is 4. The molecule has 4 nitrogen and oxygen atoms in total. The summed E-state index contributed by atoms with van der Waals surface area (Å²) < 4.78 is 23.1. The van der Waals surface area contributed by atoms with E-state index in [1.54, 1.807) is 18.2 Å². The third-order valence-electron chi connectivity index (χ3n) is 2.48. The summed E-state index contributed by atoms with van der Waals surface area (Å²) in [6, 6.07) is 6.34. The Balaban J connectivity index is 3.04. The van der Waals surface area contributed by atoms with Crippen LogP contribution in [0, 0.1) is 0 Å². The SMILES string of the molecule is CCS(=O)(=O)C(C)C(=O)c1cccc(N)c1. The van der Waals surface area contributed by atoms with Crippen molar-refractivity contribution in [2.24, 2.45) is 0 Å². The van der Waals surface area contributed by atoms with Gasteiger partial charge in [0.1, 0.15) is 5.25 Å². The molecular weight excluding hydrogens is 226 g/mol. The molecule has 1 rings (SSSR count). The van der Waals surface area contributed by atoms with Gasteiger partial charge in [0.05, 0.1) is 0 Å². The van der Waals surface area contributed by atoms with E-state index >= 15 is 0 Å². The Morgan fingerprint density at radius 2 is 2.06 bits per heavy atom. The van der Waals surface area contributed by atoms with E-state index in [9.17, 15) is 13.2 Å². The zero-order valence-electron chi connectivity index (χ0n) is 9.30. The minimum atomic E-state index is -3.35. The smallest absolute Gasteiger partial charge is 0.180 e. The van der Waals surface area contributed by atoms with Crippen molar-refractivity contribution >= 4 is 21.3 Å². The molecule has 88 valence electrons. The van der Waals surface area contributed by atoms with Crippen LogP contribution in [0.2, 0.25) is 0 Å². The number of nitrogen functional groups attached to an aromatic ring is 1. The average Bonchev–Trinajstić information content (AvgIpc) is 2.27. The van der Waals surface area contributed by atoms with E-state index in [0.717, 1.165) is 0 Å². The Hall–Kier alpha value is -1.36. The van der Waals surface area contributed by atoms with Gasteiger partial charge in [-0.1, -0.05) is 19.1 Å². The molecule has 2 N–H and O–H groups in total. The lowest BCUT2D eigenvalue weighted by Crippen LogP contribution is -2.28. The summed E-state index contributed by atoms with van der Waals surface area (Å²) in [6.07, 6.45) is 0. The molecule has 1 atom stereocenters. The number of hydrogen-bond donors (Lipinski definition) is 1. The van der Waals surface area contributed by atoms with Crippen molar-refractivity contribution in [1.82, 2.24) is 0 Å². The van der Waals surface area contributed by atoms with Crippen molar-refractivity contribution in [2.75, 3.05) is 11.5 Å². The second-order valence-electron chi connectivity index (χ2n) is 3.58. The van der Waals surface area contributed by atoms with E-state index in [2.05, 4.69) is 0 Å². The molecule has 0 spiro atoms. The Kier molecular flexibility index (Phi) is 3.70. The summed E-state index contributed by atoms with van der Waals surface area (Å²) in [6.45, 7) is 2.93. The van der Waals surface area contributed by atoms with Crippen LogP contribution in [0.25, 0.3) is 0 Å². The van der Waals surface area contributed by atoms with Crippen LogP contribution in [-0.2, 0) is 9.84 Å². The fraction of sp³-hybridized carbons (Fsp3) is 0.364. The predicted octanol–water partition coefficient (Wildman–Crippen LogP) is 1.27. The molecule has 0 aliphatic rings. The Labute approximate surface area is 95.4 Å². The number of nitrogens with two attached hydrogens (primary N) is 1. The van der Waals surface area contributed by atoms with Crippen LogP contribution in [0.15, 0.2) is 24.3 Å². The molecular formula is C11H15NO3S. The van der Waals surface area contributed by atoms with Gasteiger partial charge in [-0.2, -0.15) is 0 Å². The van der Waals surface area contributed by atoms with Gasteiger partial charge in [0.2, 0.25) is 0 Å². The Morgan fingerprint density at radius 1 is 1.44 bits per heavy atom. The lowest BCUT2D eigenvalue weighted by atomic mass is 10.1. The lowest BCUT2D eigenvalue weighted by molar-refractivity contribution is 0.0991. The van der Waals surface area contributed by atoms with Crippen molar-refractivity contribution in [3.63, 3.8) is 0 Å². The first-order chi connectivity index (χ1) is 7.38. The second-order valence-corrected chi connectivity index (χ2v) is 6.19. The number of carbonyl (C=O) groups excluding carboxylic acids is 1. The fourth-order valence-electron chi connectivity index (χ4n) is 1.34. The van der Waals surface area contributed by atoms with Gasteiger partial charge in [-0.25, -0.2) is 8.42 Å². The summed E-state index contributed by atoms with van der Waals surface area (Å²) in [5.41, 5.74) is 6.32. The standard InChI is InChI=1S/C11H15NO3S/c1-3-16(14,15)8(2)11(13)9-5-4-6-10(12)7-9/h4-8H,3,12H2,1-2H3. The van der Waals surface area contributed by atoms with Crippen LogP contribution in [0.3, 0.4) is 0 Å². The van der Waals surface area contributed by atoms with Crippen LogP contribution < -0.4 is 5.73 Å². The van der Waals surface area contributed by atoms with E-state index in [1.807, 2.05) is 0 Å². The molecule has 1 aromatic carbocycles. The predicted molar refractivity (Wildman–Crippen MR) is 64.1 cm³/mol. The maximum atomic E-state index is 11.9. The van der Waals surface area contributed by atoms with E-state index in [1.165, 1.54) is 19.9 Å². The van der Waals surface area contributed by atoms with Gasteiger partial charge in [0, 0.05) is 17.0 Å². The lowest BCUT2D eigenvalue weighted by Gasteiger charge is -2.10. The van der Waals surface area contributed by atoms with Crippen molar-refractivity contribution in [3.8, 4) is 0 Å². The number of sulfone groups is 1. The largest absolute Gasteiger partial charge is 0.399 e. The average molecular weight is 241 g/mol. The van der Waals surface area contributed by atoms with Gasteiger partial charge < -0.3 is 5.73 Å². The highest BCUT2D eigenvalue weighted by molar-refractivity contribution is 7.92. The number of benzene rings is 1. The maximum Gasteiger partial charge on any atom is 0.180 e. The molecule has 0 bridgehead atoms. The monoisotopic (exact) mass is 241 g/mol. The van der Waals surface area contributed by atoms with Gasteiger partial charge in [-0.3, -0.25) is 4.79 Å². The molecule has 0 aromatic heterocycles. The van der Waals surface area contributed by atoms with E-state index in [0.29, 0.717) is 11.3 Å². The topological polar surface area (TPSA) is 77.2 Å². The summed E-state index contributed by atoms with van der Waals surface area (Å²) >= 11 is 0. The zero-order valence-corrected chi connectivity index (χ0v) is 10.1. The maximum absolute atomic E-state index is 11.9. The fourth-order valence-corrected chi connectivity index (χ4v) is 2.30. The van der Waals surface area contributed by atoms with Crippen molar-refractivity contribution < 1.29 is 13.2 Å². The first-order valence-corrected chi connectivity index (χ1v) is 6.71. The summed E-state index contributed by atoms with van der Waals surface area (Å²) in [5.74, 6) is -0.448. The highest BCUT2D eigenvalue weighted by atomic mass is 32.2. The van der Waals surface area contributed by atoms with Crippen molar-refractivity contribution in [2.45, 2.75) is 19.1 Å². The Bertz CT molecular complexity index is 494. The first kappa shape index (κ1) is 12.7.